The molecule has 3 nitrogen and oxygen atoms in total. The van der Waals surface area contributed by atoms with Crippen molar-refractivity contribution in [2.24, 2.45) is 0 Å². The van der Waals surface area contributed by atoms with Gasteiger partial charge in [-0.15, -0.1) is 0 Å². The Hall–Kier alpha value is -2.21. The van der Waals surface area contributed by atoms with Gasteiger partial charge < -0.3 is 15.6 Å². The van der Waals surface area contributed by atoms with Gasteiger partial charge in [-0.25, -0.2) is 0 Å². The Morgan fingerprint density at radius 2 is 1.80 bits per heavy atom. The summed E-state index contributed by atoms with van der Waals surface area (Å²) in [5.41, 5.74) is 4.49. The van der Waals surface area contributed by atoms with E-state index < -0.39 is 11.7 Å². The van der Waals surface area contributed by atoms with E-state index in [4.69, 9.17) is 15.6 Å². The third-order valence-corrected chi connectivity index (χ3v) is 2.70. The predicted molar refractivity (Wildman–Crippen MR) is 68.3 cm³/mol. The molecule has 0 radical (unpaired) electrons. The summed E-state index contributed by atoms with van der Waals surface area (Å²) in [5, 5.41) is 9.14. The first-order valence-corrected chi connectivity index (χ1v) is 5.75. The largest absolute Gasteiger partial charge is 0.457 e. The summed E-state index contributed by atoms with van der Waals surface area (Å²) < 4.78 is 43.6. The van der Waals surface area contributed by atoms with Crippen molar-refractivity contribution in [2.45, 2.75) is 12.8 Å². The Morgan fingerprint density at radius 3 is 2.45 bits per heavy atom. The Balaban J connectivity index is 2.35. The van der Waals surface area contributed by atoms with Gasteiger partial charge in [0.25, 0.3) is 0 Å². The number of ether oxygens (including phenoxy) is 1. The molecule has 0 saturated carbocycles. The molecule has 0 amide bonds. The van der Waals surface area contributed by atoms with Gasteiger partial charge in [-0.2, -0.15) is 13.2 Å². The Bertz CT molecular complexity index is 612. The van der Waals surface area contributed by atoms with Crippen molar-refractivity contribution >= 4 is 5.69 Å². The van der Waals surface area contributed by atoms with Crippen LogP contribution in [0.3, 0.4) is 0 Å². The molecular formula is C14H12F3NO2. The van der Waals surface area contributed by atoms with Crippen molar-refractivity contribution in [1.82, 2.24) is 0 Å². The highest BCUT2D eigenvalue weighted by atomic mass is 19.4. The van der Waals surface area contributed by atoms with Gasteiger partial charge in [-0.05, 0) is 24.3 Å². The molecule has 0 bridgehead atoms. The van der Waals surface area contributed by atoms with Gasteiger partial charge >= 0.3 is 6.18 Å². The molecule has 106 valence electrons. The zero-order valence-electron chi connectivity index (χ0n) is 10.3. The molecule has 0 fully saturated rings. The first-order valence-electron chi connectivity index (χ1n) is 5.75. The highest BCUT2D eigenvalue weighted by Crippen LogP contribution is 2.37. The zero-order valence-corrected chi connectivity index (χ0v) is 10.3. The summed E-state index contributed by atoms with van der Waals surface area (Å²) in [6.07, 6.45) is -4.54. The van der Waals surface area contributed by atoms with Crippen molar-refractivity contribution in [3.63, 3.8) is 0 Å². The maximum Gasteiger partial charge on any atom is 0.418 e. The second kappa shape index (κ2) is 5.42. The Labute approximate surface area is 113 Å². The number of nitrogens with two attached hydrogens (primary N) is 1. The normalized spacial score (nSPS) is 11.4. The third-order valence-electron chi connectivity index (χ3n) is 2.70. The number of halogens is 3. The van der Waals surface area contributed by atoms with E-state index in [-0.39, 0.29) is 18.0 Å². The van der Waals surface area contributed by atoms with Crippen LogP contribution in [-0.4, -0.2) is 5.11 Å². The molecule has 0 spiro atoms. The third kappa shape index (κ3) is 3.03. The van der Waals surface area contributed by atoms with E-state index in [2.05, 4.69) is 0 Å². The van der Waals surface area contributed by atoms with Crippen LogP contribution >= 0.6 is 0 Å². The summed E-state index contributed by atoms with van der Waals surface area (Å²) in [6, 6.07) is 9.87. The van der Waals surface area contributed by atoms with Gasteiger partial charge in [0.05, 0.1) is 12.2 Å². The van der Waals surface area contributed by atoms with Gasteiger partial charge in [0, 0.05) is 11.3 Å². The Morgan fingerprint density at radius 1 is 1.10 bits per heavy atom. The van der Waals surface area contributed by atoms with Gasteiger partial charge in [0.2, 0.25) is 0 Å². The maximum atomic E-state index is 12.7. The molecule has 0 atom stereocenters. The van der Waals surface area contributed by atoms with Crippen LogP contribution in [0.4, 0.5) is 18.9 Å². The molecule has 0 unspecified atom stereocenters. The number of nitrogen functional groups attached to an aromatic ring is 1. The summed E-state index contributed by atoms with van der Waals surface area (Å²) in [7, 11) is 0. The first kappa shape index (κ1) is 14.2. The number of hydrogen-bond donors (Lipinski definition) is 2. The number of aliphatic hydroxyl groups is 1. The smallest absolute Gasteiger partial charge is 0.418 e. The van der Waals surface area contributed by atoms with E-state index in [1.165, 1.54) is 6.07 Å². The average Bonchev–Trinajstić information content (AvgIpc) is 2.40. The van der Waals surface area contributed by atoms with Crippen molar-refractivity contribution in [3.8, 4) is 11.5 Å². The lowest BCUT2D eigenvalue weighted by Gasteiger charge is -2.13. The molecule has 20 heavy (non-hydrogen) atoms. The van der Waals surface area contributed by atoms with Gasteiger partial charge in [0.1, 0.15) is 11.5 Å². The Kier molecular flexibility index (Phi) is 3.85. The quantitative estimate of drug-likeness (QED) is 0.847. The molecule has 2 aromatic carbocycles. The molecule has 2 aromatic rings. The minimum absolute atomic E-state index is 0.00688. The van der Waals surface area contributed by atoms with Crippen LogP contribution in [0.1, 0.15) is 11.1 Å². The van der Waals surface area contributed by atoms with E-state index in [0.717, 1.165) is 12.1 Å². The molecule has 0 saturated heterocycles. The van der Waals surface area contributed by atoms with Crippen molar-refractivity contribution in [1.29, 1.82) is 0 Å². The number of aliphatic hydroxyl groups excluding tert-OH is 1. The van der Waals surface area contributed by atoms with Gasteiger partial charge in [0.15, 0.2) is 0 Å². The fraction of sp³-hybridized carbons (Fsp3) is 0.143. The number of hydrogen-bond acceptors (Lipinski definition) is 3. The fourth-order valence-electron chi connectivity index (χ4n) is 1.71. The fourth-order valence-corrected chi connectivity index (χ4v) is 1.71. The van der Waals surface area contributed by atoms with Crippen LogP contribution in [0.2, 0.25) is 0 Å². The molecule has 0 aliphatic rings. The maximum absolute atomic E-state index is 12.7. The standard InChI is InChI=1S/C14H12F3NO2/c15-14(16,17)11-7-10(5-6-12(11)18)20-13-4-2-1-3-9(13)8-19/h1-7,19H,8,18H2. The number of rotatable bonds is 3. The molecule has 0 aliphatic heterocycles. The molecule has 0 heterocycles. The van der Waals surface area contributed by atoms with E-state index in [0.29, 0.717) is 11.3 Å². The minimum Gasteiger partial charge on any atom is -0.457 e. The second-order valence-corrected chi connectivity index (χ2v) is 4.11. The number of anilines is 1. The zero-order chi connectivity index (χ0) is 14.8. The van der Waals surface area contributed by atoms with Crippen LogP contribution in [-0.2, 0) is 12.8 Å². The van der Waals surface area contributed by atoms with Crippen molar-refractivity contribution in [2.75, 3.05) is 5.73 Å². The number of para-hydroxylation sites is 1. The lowest BCUT2D eigenvalue weighted by atomic mass is 10.1. The summed E-state index contributed by atoms with van der Waals surface area (Å²) >= 11 is 0. The van der Waals surface area contributed by atoms with Crippen LogP contribution < -0.4 is 10.5 Å². The predicted octanol–water partition coefficient (Wildman–Crippen LogP) is 3.57. The van der Waals surface area contributed by atoms with Crippen LogP contribution in [0.5, 0.6) is 11.5 Å². The SMILES string of the molecule is Nc1ccc(Oc2ccccc2CO)cc1C(F)(F)F. The van der Waals surface area contributed by atoms with Crippen LogP contribution in [0.25, 0.3) is 0 Å². The summed E-state index contributed by atoms with van der Waals surface area (Å²) in [5.74, 6) is 0.306. The molecule has 0 aromatic heterocycles. The molecule has 2 rings (SSSR count). The molecule has 0 aliphatic carbocycles. The topological polar surface area (TPSA) is 55.5 Å². The van der Waals surface area contributed by atoms with Gasteiger partial charge in [-0.3, -0.25) is 0 Å². The number of benzene rings is 2. The van der Waals surface area contributed by atoms with Gasteiger partial charge in [-0.1, -0.05) is 18.2 Å². The molecular weight excluding hydrogens is 271 g/mol. The van der Waals surface area contributed by atoms with Crippen molar-refractivity contribution in [3.05, 3.63) is 53.6 Å². The number of alkyl halides is 3. The van der Waals surface area contributed by atoms with Crippen LogP contribution in [0.15, 0.2) is 42.5 Å². The summed E-state index contributed by atoms with van der Waals surface area (Å²) in [6.45, 7) is -0.267. The first-order chi connectivity index (χ1) is 9.41. The van der Waals surface area contributed by atoms with E-state index >= 15 is 0 Å². The monoisotopic (exact) mass is 283 g/mol. The lowest BCUT2D eigenvalue weighted by molar-refractivity contribution is -0.137. The highest BCUT2D eigenvalue weighted by molar-refractivity contribution is 5.53. The lowest BCUT2D eigenvalue weighted by Crippen LogP contribution is -2.09. The summed E-state index contributed by atoms with van der Waals surface area (Å²) in [4.78, 5) is 0. The van der Waals surface area contributed by atoms with E-state index in [1.807, 2.05) is 0 Å². The van der Waals surface area contributed by atoms with Crippen molar-refractivity contribution < 1.29 is 23.0 Å². The molecule has 6 heteroatoms. The molecule has 3 N–H and O–H groups in total. The second-order valence-electron chi connectivity index (χ2n) is 4.11. The van der Waals surface area contributed by atoms with E-state index in [9.17, 15) is 13.2 Å². The van der Waals surface area contributed by atoms with E-state index in [1.54, 1.807) is 24.3 Å². The average molecular weight is 283 g/mol. The van der Waals surface area contributed by atoms with Crippen LogP contribution in [0, 0.1) is 0 Å². The minimum atomic E-state index is -4.54. The highest BCUT2D eigenvalue weighted by Gasteiger charge is 2.33.